The Balaban J connectivity index is 2.41. The molecule has 1 aromatic rings. The lowest BCUT2D eigenvalue weighted by Gasteiger charge is -2.08. The van der Waals surface area contributed by atoms with Gasteiger partial charge in [-0.2, -0.15) is 0 Å². The van der Waals surface area contributed by atoms with Crippen molar-refractivity contribution in [1.29, 1.82) is 0 Å². The number of hydrogen-bond acceptors (Lipinski definition) is 2. The topological polar surface area (TPSA) is 49.3 Å². The molecule has 0 aliphatic heterocycles. The van der Waals surface area contributed by atoms with E-state index in [1.165, 1.54) is 12.8 Å². The van der Waals surface area contributed by atoms with Crippen molar-refractivity contribution in [1.82, 2.24) is 5.32 Å². The second kappa shape index (κ2) is 7.54. The van der Waals surface area contributed by atoms with Crippen LogP contribution in [-0.2, 0) is 6.54 Å². The molecule has 0 aliphatic rings. The van der Waals surface area contributed by atoms with Crippen LogP contribution in [0.25, 0.3) is 0 Å². The van der Waals surface area contributed by atoms with Crippen molar-refractivity contribution in [3.8, 4) is 0 Å². The average molecular weight is 314 g/mol. The van der Waals surface area contributed by atoms with E-state index in [1.807, 2.05) is 6.07 Å². The Hall–Kier alpha value is -0.870. The summed E-state index contributed by atoms with van der Waals surface area (Å²) in [7, 11) is 0. The van der Waals surface area contributed by atoms with Gasteiger partial charge in [-0.15, -0.1) is 0 Å². The summed E-state index contributed by atoms with van der Waals surface area (Å²) in [4.78, 5) is 10.8. The maximum Gasteiger partial charge on any atom is 0.335 e. The lowest BCUT2D eigenvalue weighted by Crippen LogP contribution is -2.15. The van der Waals surface area contributed by atoms with Crippen LogP contribution in [0.2, 0.25) is 0 Å². The SMILES string of the molecule is CC(C)CCCNCc1ccc(C(=O)O)cc1Br. The molecule has 0 atom stereocenters. The molecule has 0 spiro atoms. The van der Waals surface area contributed by atoms with E-state index in [-0.39, 0.29) is 0 Å². The van der Waals surface area contributed by atoms with Crippen LogP contribution < -0.4 is 5.32 Å². The predicted octanol–water partition coefficient (Wildman–Crippen LogP) is 3.67. The Morgan fingerprint density at radius 3 is 2.72 bits per heavy atom. The molecule has 3 nitrogen and oxygen atoms in total. The summed E-state index contributed by atoms with van der Waals surface area (Å²) in [5.41, 5.74) is 1.40. The van der Waals surface area contributed by atoms with Crippen molar-refractivity contribution in [3.05, 3.63) is 33.8 Å². The van der Waals surface area contributed by atoms with E-state index in [4.69, 9.17) is 5.11 Å². The Morgan fingerprint density at radius 1 is 1.44 bits per heavy atom. The number of halogens is 1. The highest BCUT2D eigenvalue weighted by atomic mass is 79.9. The molecule has 0 fully saturated rings. The summed E-state index contributed by atoms with van der Waals surface area (Å²) in [5, 5.41) is 12.2. The number of nitrogens with one attached hydrogen (secondary N) is 1. The van der Waals surface area contributed by atoms with Gasteiger partial charge in [0.05, 0.1) is 5.56 Å². The Kier molecular flexibility index (Phi) is 6.36. The van der Waals surface area contributed by atoms with E-state index in [1.54, 1.807) is 12.1 Å². The van der Waals surface area contributed by atoms with Crippen molar-refractivity contribution in [3.63, 3.8) is 0 Å². The molecule has 0 unspecified atom stereocenters. The zero-order chi connectivity index (χ0) is 13.5. The molecular weight excluding hydrogens is 294 g/mol. The Morgan fingerprint density at radius 2 is 2.17 bits per heavy atom. The molecule has 0 bridgehead atoms. The van der Waals surface area contributed by atoms with Crippen LogP contribution in [0.4, 0.5) is 0 Å². The molecule has 2 N–H and O–H groups in total. The number of rotatable bonds is 7. The fraction of sp³-hybridized carbons (Fsp3) is 0.500. The van der Waals surface area contributed by atoms with Gasteiger partial charge >= 0.3 is 5.97 Å². The molecule has 0 amide bonds. The second-order valence-corrected chi connectivity index (χ2v) is 5.68. The van der Waals surface area contributed by atoms with E-state index < -0.39 is 5.97 Å². The molecule has 0 aromatic heterocycles. The third-order valence-electron chi connectivity index (χ3n) is 2.75. The number of carbonyl (C=O) groups is 1. The van der Waals surface area contributed by atoms with Crippen molar-refractivity contribution in [2.75, 3.05) is 6.54 Å². The molecule has 4 heteroatoms. The Bertz CT molecular complexity index is 405. The van der Waals surface area contributed by atoms with Gasteiger partial charge in [-0.3, -0.25) is 0 Å². The summed E-state index contributed by atoms with van der Waals surface area (Å²) in [6.45, 7) is 6.20. The summed E-state index contributed by atoms with van der Waals surface area (Å²) < 4.78 is 0.846. The van der Waals surface area contributed by atoms with E-state index in [9.17, 15) is 4.79 Å². The van der Waals surface area contributed by atoms with Gasteiger partial charge in [-0.1, -0.05) is 35.8 Å². The Labute approximate surface area is 117 Å². The van der Waals surface area contributed by atoms with Gasteiger partial charge in [0, 0.05) is 11.0 Å². The van der Waals surface area contributed by atoms with Gasteiger partial charge < -0.3 is 10.4 Å². The molecule has 100 valence electrons. The summed E-state index contributed by atoms with van der Waals surface area (Å²) in [6, 6.07) is 5.13. The summed E-state index contributed by atoms with van der Waals surface area (Å²) in [6.07, 6.45) is 2.40. The first-order valence-corrected chi connectivity index (χ1v) is 7.02. The number of carboxylic acid groups (broad SMARTS) is 1. The maximum absolute atomic E-state index is 10.8. The molecular formula is C14H20BrNO2. The largest absolute Gasteiger partial charge is 0.478 e. The highest BCUT2D eigenvalue weighted by Crippen LogP contribution is 2.18. The summed E-state index contributed by atoms with van der Waals surface area (Å²) in [5.74, 6) is -0.152. The number of hydrogen-bond donors (Lipinski definition) is 2. The molecule has 0 heterocycles. The molecule has 0 radical (unpaired) electrons. The molecule has 0 aliphatic carbocycles. The smallest absolute Gasteiger partial charge is 0.335 e. The van der Waals surface area contributed by atoms with Crippen LogP contribution in [0.3, 0.4) is 0 Å². The highest BCUT2D eigenvalue weighted by molar-refractivity contribution is 9.10. The minimum Gasteiger partial charge on any atom is -0.478 e. The summed E-state index contributed by atoms with van der Waals surface area (Å²) >= 11 is 3.40. The lowest BCUT2D eigenvalue weighted by molar-refractivity contribution is 0.0697. The molecule has 0 saturated carbocycles. The minimum absolute atomic E-state index is 0.311. The minimum atomic E-state index is -0.896. The second-order valence-electron chi connectivity index (χ2n) is 4.82. The molecule has 18 heavy (non-hydrogen) atoms. The first-order valence-electron chi connectivity index (χ1n) is 6.23. The first-order chi connectivity index (χ1) is 8.50. The zero-order valence-electron chi connectivity index (χ0n) is 10.9. The average Bonchev–Trinajstić information content (AvgIpc) is 2.29. The van der Waals surface area contributed by atoms with Crippen molar-refractivity contribution < 1.29 is 9.90 Å². The van der Waals surface area contributed by atoms with Crippen molar-refractivity contribution >= 4 is 21.9 Å². The standard InChI is InChI=1S/C14H20BrNO2/c1-10(2)4-3-7-16-9-12-6-5-11(14(17)18)8-13(12)15/h5-6,8,10,16H,3-4,7,9H2,1-2H3,(H,17,18). The molecule has 0 saturated heterocycles. The van der Waals surface area contributed by atoms with Gasteiger partial charge in [0.2, 0.25) is 0 Å². The highest BCUT2D eigenvalue weighted by Gasteiger charge is 2.06. The monoisotopic (exact) mass is 313 g/mol. The van der Waals surface area contributed by atoms with Crippen LogP contribution in [0.1, 0.15) is 42.6 Å². The van der Waals surface area contributed by atoms with Gasteiger partial charge in [-0.25, -0.2) is 4.79 Å². The van der Waals surface area contributed by atoms with Crippen molar-refractivity contribution in [2.45, 2.75) is 33.2 Å². The van der Waals surface area contributed by atoms with Crippen LogP contribution in [-0.4, -0.2) is 17.6 Å². The van der Waals surface area contributed by atoms with Crippen molar-refractivity contribution in [2.24, 2.45) is 5.92 Å². The number of aromatic carboxylic acids is 1. The van der Waals surface area contributed by atoms with Gasteiger partial charge in [0.1, 0.15) is 0 Å². The molecule has 1 aromatic carbocycles. The van der Waals surface area contributed by atoms with Crippen LogP contribution in [0.15, 0.2) is 22.7 Å². The van der Waals surface area contributed by atoms with Gasteiger partial charge in [-0.05, 0) is 43.0 Å². The molecule has 1 rings (SSSR count). The van der Waals surface area contributed by atoms with Crippen LogP contribution in [0.5, 0.6) is 0 Å². The quantitative estimate of drug-likeness (QED) is 0.755. The van der Waals surface area contributed by atoms with Crippen LogP contribution in [0, 0.1) is 5.92 Å². The van der Waals surface area contributed by atoms with Gasteiger partial charge in [0.25, 0.3) is 0 Å². The lowest BCUT2D eigenvalue weighted by atomic mass is 10.1. The van der Waals surface area contributed by atoms with E-state index in [2.05, 4.69) is 35.1 Å². The van der Waals surface area contributed by atoms with Gasteiger partial charge in [0.15, 0.2) is 0 Å². The zero-order valence-corrected chi connectivity index (χ0v) is 12.5. The first kappa shape index (κ1) is 15.2. The normalized spacial score (nSPS) is 10.9. The number of benzene rings is 1. The fourth-order valence-corrected chi connectivity index (χ4v) is 2.20. The van der Waals surface area contributed by atoms with E-state index in [0.29, 0.717) is 5.56 Å². The maximum atomic E-state index is 10.8. The third-order valence-corrected chi connectivity index (χ3v) is 3.49. The van der Waals surface area contributed by atoms with E-state index in [0.717, 1.165) is 29.0 Å². The van der Waals surface area contributed by atoms with E-state index >= 15 is 0 Å². The fourth-order valence-electron chi connectivity index (χ4n) is 1.68. The van der Waals surface area contributed by atoms with Crippen LogP contribution >= 0.6 is 15.9 Å². The number of carboxylic acids is 1. The third kappa shape index (κ3) is 5.19. The predicted molar refractivity (Wildman–Crippen MR) is 76.9 cm³/mol.